The van der Waals surface area contributed by atoms with E-state index in [1.54, 1.807) is 39.8 Å². The second-order valence-corrected chi connectivity index (χ2v) is 16.5. The fourth-order valence-corrected chi connectivity index (χ4v) is 7.57. The molecule has 0 saturated carbocycles. The van der Waals surface area contributed by atoms with Crippen LogP contribution in [0.2, 0.25) is 0 Å². The molecule has 61 heavy (non-hydrogen) atoms. The smallest absolute Gasteiger partial charge is 0.326 e. The van der Waals surface area contributed by atoms with E-state index in [4.69, 9.17) is 22.9 Å². The van der Waals surface area contributed by atoms with Gasteiger partial charge in [-0.15, -0.1) is 0 Å². The van der Waals surface area contributed by atoms with Crippen LogP contribution in [0.5, 0.6) is 5.75 Å². The Morgan fingerprint density at radius 1 is 0.738 bits per heavy atom. The number of likely N-dealkylation sites (tertiary alicyclic amines) is 2. The van der Waals surface area contributed by atoms with Crippen molar-refractivity contribution in [2.45, 2.75) is 134 Å². The number of phenols is 1. The van der Waals surface area contributed by atoms with Gasteiger partial charge in [-0.1, -0.05) is 39.8 Å². The number of nitrogens with one attached hydrogen (secondary N) is 4. The number of hydrogen-bond donors (Lipinski definition) is 10. The molecule has 6 amide bonds. The molecule has 0 radical (unpaired) electrons. The van der Waals surface area contributed by atoms with E-state index in [0.29, 0.717) is 70.1 Å². The number of aliphatic imine (C=N–C) groups is 1. The maximum absolute atomic E-state index is 14.0. The van der Waals surface area contributed by atoms with Gasteiger partial charge in [-0.05, 0) is 93.9 Å². The van der Waals surface area contributed by atoms with Crippen LogP contribution in [0.4, 0.5) is 0 Å². The highest BCUT2D eigenvalue weighted by molar-refractivity contribution is 5.97. The Morgan fingerprint density at radius 2 is 1.30 bits per heavy atom. The summed E-state index contributed by atoms with van der Waals surface area (Å²) in [6.07, 6.45) is 3.54. The minimum atomic E-state index is -1.21. The van der Waals surface area contributed by atoms with Crippen molar-refractivity contribution < 1.29 is 43.8 Å². The average molecular weight is 858 g/mol. The summed E-state index contributed by atoms with van der Waals surface area (Å²) in [5, 5.41) is 30.6. The maximum Gasteiger partial charge on any atom is 0.326 e. The SMILES string of the molecule is CC(C)[C@H](NC(=O)[C@H](CCCCN)NC(=O)[C@@H](NC(=O)[C@@H]1CCCN1C(=O)[C@@H](N)CCCN=C(N)N)C(C)C)C(=O)N[C@@H](Cc1ccc(O)cc1)C(=O)N1CCC[C@H]1C(=O)O. The normalized spacial score (nSPS) is 18.8. The number of carbonyl (C=O) groups excluding carboxylic acids is 6. The zero-order chi connectivity index (χ0) is 45.4. The number of aliphatic carboxylic acids is 1. The van der Waals surface area contributed by atoms with Crippen LogP contribution < -0.4 is 44.2 Å². The lowest BCUT2D eigenvalue weighted by atomic mass is 9.99. The molecule has 0 unspecified atom stereocenters. The second kappa shape index (κ2) is 24.1. The number of benzene rings is 1. The van der Waals surface area contributed by atoms with Crippen LogP contribution in [0.15, 0.2) is 29.3 Å². The standard InChI is InChI=1S/C41H67N11O9/c1-23(2)32(37(57)48-29(22-25-14-16-26(53)17-15-25)39(59)52-21-9-13-31(52)40(60)61)49-34(54)28(11-5-6-18-42)47-36(56)33(24(3)4)50-35(55)30-12-8-20-51(30)38(58)27(43)10-7-19-46-41(44)45/h14-17,23-24,27-33,53H,5-13,18-22,42-43H2,1-4H3,(H,47,56)(H,48,57)(H,49,54)(H,50,55)(H,60,61)(H4,44,45,46)/t27-,28-,29-,30-,31-,32-,33-/m0/s1. The minimum absolute atomic E-state index is 0.000562. The highest BCUT2D eigenvalue weighted by Crippen LogP contribution is 2.22. The van der Waals surface area contributed by atoms with Crippen molar-refractivity contribution >= 4 is 47.4 Å². The lowest BCUT2D eigenvalue weighted by Gasteiger charge is -2.31. The first-order valence-corrected chi connectivity index (χ1v) is 21.2. The first-order chi connectivity index (χ1) is 28.9. The van der Waals surface area contributed by atoms with Gasteiger partial charge >= 0.3 is 5.97 Å². The minimum Gasteiger partial charge on any atom is -0.508 e. The average Bonchev–Trinajstić information content (AvgIpc) is 3.91. The molecule has 1 aromatic rings. The summed E-state index contributed by atoms with van der Waals surface area (Å²) in [6, 6.07) is -1.39. The first kappa shape index (κ1) is 49.9. The van der Waals surface area contributed by atoms with Gasteiger partial charge < -0.3 is 64.2 Å². The molecule has 0 aromatic heterocycles. The van der Waals surface area contributed by atoms with Gasteiger partial charge in [-0.25, -0.2) is 4.79 Å². The molecule has 20 nitrogen and oxygen atoms in total. The third-order valence-corrected chi connectivity index (χ3v) is 11.0. The van der Waals surface area contributed by atoms with Gasteiger partial charge in [0.1, 0.15) is 42.0 Å². The Hall–Kier alpha value is -5.50. The van der Waals surface area contributed by atoms with Crippen molar-refractivity contribution in [1.82, 2.24) is 31.1 Å². The topological polar surface area (TPSA) is 331 Å². The molecule has 340 valence electrons. The molecule has 2 fully saturated rings. The van der Waals surface area contributed by atoms with Gasteiger partial charge in [0.15, 0.2) is 5.96 Å². The van der Waals surface area contributed by atoms with Crippen LogP contribution >= 0.6 is 0 Å². The van der Waals surface area contributed by atoms with Crippen LogP contribution in [0.3, 0.4) is 0 Å². The van der Waals surface area contributed by atoms with Gasteiger partial charge in [-0.2, -0.15) is 0 Å². The van der Waals surface area contributed by atoms with Crippen LogP contribution in [-0.2, 0) is 40.0 Å². The lowest BCUT2D eigenvalue weighted by molar-refractivity contribution is -0.149. The monoisotopic (exact) mass is 858 g/mol. The van der Waals surface area contributed by atoms with E-state index >= 15 is 0 Å². The van der Waals surface area contributed by atoms with Gasteiger partial charge in [0.25, 0.3) is 0 Å². The number of amides is 6. The van der Waals surface area contributed by atoms with Crippen LogP contribution in [0.1, 0.15) is 91.0 Å². The molecule has 3 rings (SSSR count). The third-order valence-electron chi connectivity index (χ3n) is 11.0. The van der Waals surface area contributed by atoms with Gasteiger partial charge in [0.2, 0.25) is 35.4 Å². The van der Waals surface area contributed by atoms with Crippen LogP contribution in [0.25, 0.3) is 0 Å². The molecule has 7 atom stereocenters. The fourth-order valence-electron chi connectivity index (χ4n) is 7.57. The van der Waals surface area contributed by atoms with Crippen LogP contribution in [-0.4, -0.2) is 136 Å². The van der Waals surface area contributed by atoms with Crippen molar-refractivity contribution in [3.8, 4) is 5.75 Å². The van der Waals surface area contributed by atoms with Crippen molar-refractivity contribution in [3.05, 3.63) is 29.8 Å². The number of nitrogens with two attached hydrogens (primary N) is 4. The quantitative estimate of drug-likeness (QED) is 0.0350. The third kappa shape index (κ3) is 14.9. The number of guanidine groups is 1. The Balaban J connectivity index is 1.77. The summed E-state index contributed by atoms with van der Waals surface area (Å²) in [5.41, 5.74) is 23.2. The number of hydrogen-bond acceptors (Lipinski definition) is 11. The largest absolute Gasteiger partial charge is 0.508 e. The van der Waals surface area contributed by atoms with E-state index in [2.05, 4.69) is 26.3 Å². The number of phenolic OH excluding ortho intramolecular Hbond substituents is 1. The number of carbonyl (C=O) groups is 7. The Bertz CT molecular complexity index is 1700. The predicted octanol–water partition coefficient (Wildman–Crippen LogP) is -1.24. The number of carboxylic acids is 1. The first-order valence-electron chi connectivity index (χ1n) is 21.2. The van der Waals surface area contributed by atoms with Crippen molar-refractivity contribution in [2.24, 2.45) is 39.8 Å². The molecule has 2 aliphatic heterocycles. The van der Waals surface area contributed by atoms with Gasteiger partial charge in [0.05, 0.1) is 6.04 Å². The number of unbranched alkanes of at least 4 members (excludes halogenated alkanes) is 1. The predicted molar refractivity (Wildman–Crippen MR) is 227 cm³/mol. The molecular weight excluding hydrogens is 791 g/mol. The summed E-state index contributed by atoms with van der Waals surface area (Å²) in [4.78, 5) is 101. The Morgan fingerprint density at radius 3 is 1.85 bits per heavy atom. The highest BCUT2D eigenvalue weighted by Gasteiger charge is 2.41. The summed E-state index contributed by atoms with van der Waals surface area (Å²) >= 11 is 0. The van der Waals surface area contributed by atoms with Gasteiger partial charge in [-0.3, -0.25) is 33.8 Å². The van der Waals surface area contributed by atoms with E-state index in [1.165, 1.54) is 21.9 Å². The Labute approximate surface area is 357 Å². The lowest BCUT2D eigenvalue weighted by Crippen LogP contribution is -2.61. The molecule has 0 spiro atoms. The van der Waals surface area contributed by atoms with Crippen molar-refractivity contribution in [3.63, 3.8) is 0 Å². The zero-order valence-electron chi connectivity index (χ0n) is 35.8. The molecule has 20 heteroatoms. The number of rotatable bonds is 23. The number of carboxylic acid groups (broad SMARTS) is 1. The fraction of sp³-hybridized carbons (Fsp3) is 0.659. The summed E-state index contributed by atoms with van der Waals surface area (Å²) in [6.45, 7) is 8.00. The maximum atomic E-state index is 14.0. The molecule has 0 aliphatic carbocycles. The summed E-state index contributed by atoms with van der Waals surface area (Å²) in [5.74, 6) is -5.71. The molecule has 2 heterocycles. The number of aromatic hydroxyl groups is 1. The molecule has 14 N–H and O–H groups in total. The highest BCUT2D eigenvalue weighted by atomic mass is 16.4. The second-order valence-electron chi connectivity index (χ2n) is 16.5. The summed E-state index contributed by atoms with van der Waals surface area (Å²) in [7, 11) is 0. The molecule has 2 aliphatic rings. The van der Waals surface area contributed by atoms with Gasteiger partial charge in [0, 0.05) is 26.1 Å². The van der Waals surface area contributed by atoms with E-state index in [1.807, 2.05) is 0 Å². The van der Waals surface area contributed by atoms with Crippen molar-refractivity contribution in [1.29, 1.82) is 0 Å². The molecule has 0 bridgehead atoms. The van der Waals surface area contributed by atoms with Crippen molar-refractivity contribution in [2.75, 3.05) is 26.2 Å². The molecule has 1 aromatic carbocycles. The Kier molecular flexibility index (Phi) is 19.7. The zero-order valence-corrected chi connectivity index (χ0v) is 35.8. The molecular formula is C41H67N11O9. The van der Waals surface area contributed by atoms with E-state index in [-0.39, 0.29) is 37.5 Å². The van der Waals surface area contributed by atoms with E-state index < -0.39 is 95.5 Å². The molecule has 2 saturated heterocycles. The van der Waals surface area contributed by atoms with Crippen LogP contribution in [0, 0.1) is 11.8 Å². The number of nitrogens with zero attached hydrogens (tertiary/aromatic N) is 3. The van der Waals surface area contributed by atoms with E-state index in [9.17, 15) is 43.8 Å². The summed E-state index contributed by atoms with van der Waals surface area (Å²) < 4.78 is 0. The van der Waals surface area contributed by atoms with E-state index in [0.717, 1.165) is 0 Å².